The second-order valence-electron chi connectivity index (χ2n) is 4.38. The molecule has 6 nitrogen and oxygen atoms in total. The summed E-state index contributed by atoms with van der Waals surface area (Å²) < 4.78 is 0. The number of hydrogen-bond donors (Lipinski definition) is 3. The van der Waals surface area contributed by atoms with Gasteiger partial charge in [0.15, 0.2) is 0 Å². The van der Waals surface area contributed by atoms with E-state index in [1.807, 2.05) is 30.3 Å². The predicted octanol–water partition coefficient (Wildman–Crippen LogP) is 1.64. The Morgan fingerprint density at radius 1 is 1.29 bits per heavy atom. The van der Waals surface area contributed by atoms with Gasteiger partial charge in [-0.1, -0.05) is 30.3 Å². The molecule has 2 amide bonds. The minimum Gasteiger partial charge on any atom is -0.480 e. The number of benzene rings is 1. The van der Waals surface area contributed by atoms with Gasteiger partial charge < -0.3 is 15.7 Å². The Kier molecular flexibility index (Phi) is 5.28. The molecular formula is C14H15N3O3S. The molecule has 0 aliphatic heterocycles. The lowest BCUT2D eigenvalue weighted by atomic mass is 10.1. The number of nitrogens with zero attached hydrogens (tertiary/aromatic N) is 1. The van der Waals surface area contributed by atoms with Crippen molar-refractivity contribution < 1.29 is 14.7 Å². The van der Waals surface area contributed by atoms with Gasteiger partial charge >= 0.3 is 12.0 Å². The van der Waals surface area contributed by atoms with Crippen molar-refractivity contribution in [1.82, 2.24) is 15.6 Å². The van der Waals surface area contributed by atoms with Crippen LogP contribution in [0.25, 0.3) is 0 Å². The van der Waals surface area contributed by atoms with Crippen LogP contribution in [0.1, 0.15) is 10.4 Å². The fraction of sp³-hybridized carbons (Fsp3) is 0.214. The molecule has 0 spiro atoms. The van der Waals surface area contributed by atoms with Gasteiger partial charge in [0.25, 0.3) is 0 Å². The van der Waals surface area contributed by atoms with Crippen molar-refractivity contribution in [1.29, 1.82) is 0 Å². The van der Waals surface area contributed by atoms with Gasteiger partial charge in [-0.05, 0) is 5.56 Å². The molecule has 1 heterocycles. The number of thiazole rings is 1. The molecule has 0 radical (unpaired) electrons. The molecule has 7 heteroatoms. The van der Waals surface area contributed by atoms with E-state index in [0.717, 1.165) is 10.4 Å². The van der Waals surface area contributed by atoms with Crippen LogP contribution in [0.3, 0.4) is 0 Å². The van der Waals surface area contributed by atoms with Crippen LogP contribution >= 0.6 is 11.3 Å². The quantitative estimate of drug-likeness (QED) is 0.756. The van der Waals surface area contributed by atoms with Gasteiger partial charge in [-0.2, -0.15) is 0 Å². The molecule has 0 fully saturated rings. The topological polar surface area (TPSA) is 91.3 Å². The van der Waals surface area contributed by atoms with Gasteiger partial charge in [-0.25, -0.2) is 9.59 Å². The number of aromatic nitrogens is 1. The average Bonchev–Trinajstić information content (AvgIpc) is 2.99. The lowest BCUT2D eigenvalue weighted by molar-refractivity contribution is -0.139. The second kappa shape index (κ2) is 7.39. The highest BCUT2D eigenvalue weighted by Crippen LogP contribution is 2.05. The smallest absolute Gasteiger partial charge is 0.326 e. The van der Waals surface area contributed by atoms with Gasteiger partial charge in [0.1, 0.15) is 6.04 Å². The van der Waals surface area contributed by atoms with Crippen molar-refractivity contribution >= 4 is 23.3 Å². The maximum atomic E-state index is 11.7. The zero-order valence-corrected chi connectivity index (χ0v) is 12.0. The van der Waals surface area contributed by atoms with E-state index in [9.17, 15) is 14.7 Å². The molecule has 2 rings (SSSR count). The zero-order valence-electron chi connectivity index (χ0n) is 11.2. The molecule has 1 aromatic heterocycles. The first-order valence-corrected chi connectivity index (χ1v) is 7.21. The van der Waals surface area contributed by atoms with Crippen LogP contribution in [-0.4, -0.2) is 28.1 Å². The average molecular weight is 305 g/mol. The van der Waals surface area contributed by atoms with Crippen molar-refractivity contribution in [3.8, 4) is 0 Å². The Morgan fingerprint density at radius 2 is 2.05 bits per heavy atom. The Labute approximate surface area is 125 Å². The van der Waals surface area contributed by atoms with E-state index in [4.69, 9.17) is 0 Å². The maximum Gasteiger partial charge on any atom is 0.326 e. The summed E-state index contributed by atoms with van der Waals surface area (Å²) in [7, 11) is 0. The fourth-order valence-electron chi connectivity index (χ4n) is 1.76. The lowest BCUT2D eigenvalue weighted by Gasteiger charge is -2.15. The number of hydrogen-bond acceptors (Lipinski definition) is 4. The first kappa shape index (κ1) is 15.0. The minimum atomic E-state index is -1.06. The van der Waals surface area contributed by atoms with Gasteiger partial charge in [0.2, 0.25) is 0 Å². The molecule has 21 heavy (non-hydrogen) atoms. The lowest BCUT2D eigenvalue weighted by Crippen LogP contribution is -2.46. The number of aliphatic carboxylic acids is 1. The first-order valence-electron chi connectivity index (χ1n) is 6.33. The zero-order chi connectivity index (χ0) is 15.1. The normalized spacial score (nSPS) is 11.6. The first-order chi connectivity index (χ1) is 10.1. The van der Waals surface area contributed by atoms with E-state index in [2.05, 4.69) is 15.6 Å². The highest BCUT2D eigenvalue weighted by atomic mass is 32.1. The van der Waals surface area contributed by atoms with Crippen LogP contribution in [0.5, 0.6) is 0 Å². The van der Waals surface area contributed by atoms with Crippen LogP contribution in [-0.2, 0) is 17.8 Å². The SMILES string of the molecule is O=C(NCc1cncs1)N[C@H](Cc1ccccc1)C(=O)O. The van der Waals surface area contributed by atoms with Crippen LogP contribution in [0.2, 0.25) is 0 Å². The summed E-state index contributed by atoms with van der Waals surface area (Å²) in [4.78, 5) is 27.8. The third kappa shape index (κ3) is 4.88. The predicted molar refractivity (Wildman–Crippen MR) is 79.1 cm³/mol. The Hall–Kier alpha value is -2.41. The van der Waals surface area contributed by atoms with Gasteiger partial charge in [-0.3, -0.25) is 4.98 Å². The summed E-state index contributed by atoms with van der Waals surface area (Å²) in [6, 6.07) is 7.70. The third-order valence-corrected chi connectivity index (χ3v) is 3.57. The maximum absolute atomic E-state index is 11.7. The Morgan fingerprint density at radius 3 is 2.67 bits per heavy atom. The van der Waals surface area contributed by atoms with E-state index in [1.165, 1.54) is 11.3 Å². The van der Waals surface area contributed by atoms with Crippen LogP contribution < -0.4 is 10.6 Å². The van der Waals surface area contributed by atoms with Gasteiger partial charge in [0, 0.05) is 17.5 Å². The summed E-state index contributed by atoms with van der Waals surface area (Å²) in [6.07, 6.45) is 1.90. The molecule has 3 N–H and O–H groups in total. The number of carbonyl (C=O) groups is 2. The van der Waals surface area contributed by atoms with E-state index in [1.54, 1.807) is 11.7 Å². The number of carbonyl (C=O) groups excluding carboxylic acids is 1. The van der Waals surface area contributed by atoms with E-state index < -0.39 is 18.0 Å². The number of rotatable bonds is 6. The molecular weight excluding hydrogens is 290 g/mol. The van der Waals surface area contributed by atoms with Crippen LogP contribution in [0.15, 0.2) is 42.0 Å². The molecule has 2 aromatic rings. The van der Waals surface area contributed by atoms with Crippen LogP contribution in [0.4, 0.5) is 4.79 Å². The van der Waals surface area contributed by atoms with Gasteiger partial charge in [-0.15, -0.1) is 11.3 Å². The third-order valence-electron chi connectivity index (χ3n) is 2.79. The summed E-state index contributed by atoms with van der Waals surface area (Å²) in [5.41, 5.74) is 2.53. The molecule has 0 aliphatic carbocycles. The summed E-state index contributed by atoms with van der Waals surface area (Å²) >= 11 is 1.42. The summed E-state index contributed by atoms with van der Waals surface area (Å²) in [6.45, 7) is 0.328. The van der Waals surface area contributed by atoms with Crippen molar-refractivity contribution in [2.75, 3.05) is 0 Å². The highest BCUT2D eigenvalue weighted by molar-refractivity contribution is 7.09. The Balaban J connectivity index is 1.87. The molecule has 0 saturated heterocycles. The minimum absolute atomic E-state index is 0.240. The summed E-state index contributed by atoms with van der Waals surface area (Å²) in [5.74, 6) is -1.06. The number of carboxylic acids is 1. The van der Waals surface area contributed by atoms with Gasteiger partial charge in [0.05, 0.1) is 12.1 Å². The molecule has 0 unspecified atom stereocenters. The summed E-state index contributed by atoms with van der Waals surface area (Å²) in [5, 5.41) is 14.3. The monoisotopic (exact) mass is 305 g/mol. The van der Waals surface area contributed by atoms with E-state index >= 15 is 0 Å². The number of carboxylic acid groups (broad SMARTS) is 1. The Bertz CT molecular complexity index is 587. The van der Waals surface area contributed by atoms with Crippen molar-refractivity contribution in [3.05, 3.63) is 52.5 Å². The molecule has 0 saturated carbocycles. The fourth-order valence-corrected chi connectivity index (χ4v) is 2.29. The molecule has 1 aromatic carbocycles. The van der Waals surface area contributed by atoms with Crippen molar-refractivity contribution in [3.63, 3.8) is 0 Å². The van der Waals surface area contributed by atoms with Crippen molar-refractivity contribution in [2.45, 2.75) is 19.0 Å². The second-order valence-corrected chi connectivity index (χ2v) is 5.35. The van der Waals surface area contributed by atoms with Crippen LogP contribution in [0, 0.1) is 0 Å². The molecule has 0 aliphatic rings. The highest BCUT2D eigenvalue weighted by Gasteiger charge is 2.20. The van der Waals surface area contributed by atoms with E-state index in [-0.39, 0.29) is 6.42 Å². The molecule has 0 bridgehead atoms. The number of urea groups is 1. The molecule has 110 valence electrons. The number of amides is 2. The van der Waals surface area contributed by atoms with Crippen molar-refractivity contribution in [2.24, 2.45) is 0 Å². The van der Waals surface area contributed by atoms with E-state index in [0.29, 0.717) is 6.54 Å². The number of nitrogens with one attached hydrogen (secondary N) is 2. The standard InChI is InChI=1S/C14H15N3O3S/c18-13(19)12(6-10-4-2-1-3-5-10)17-14(20)16-8-11-7-15-9-21-11/h1-5,7,9,12H,6,8H2,(H,18,19)(H2,16,17,20)/t12-/m1/s1. The molecule has 1 atom stereocenters. The largest absolute Gasteiger partial charge is 0.480 e.